The summed E-state index contributed by atoms with van der Waals surface area (Å²) in [5.41, 5.74) is 1.34. The zero-order valence-corrected chi connectivity index (χ0v) is 11.8. The maximum absolute atomic E-state index is 12.3. The Morgan fingerprint density at radius 1 is 1.36 bits per heavy atom. The van der Waals surface area contributed by atoms with Gasteiger partial charge in [-0.15, -0.1) is 0 Å². The van der Waals surface area contributed by atoms with Gasteiger partial charge >= 0.3 is 12.3 Å². The lowest BCUT2D eigenvalue weighted by atomic mass is 9.92. The third kappa shape index (κ3) is 3.49. The molecule has 1 heterocycles. The van der Waals surface area contributed by atoms with E-state index in [1.165, 1.54) is 0 Å². The maximum atomic E-state index is 12.3. The highest BCUT2D eigenvalue weighted by atomic mass is 19.4. The highest BCUT2D eigenvalue weighted by Gasteiger charge is 2.38. The topological polar surface area (TPSA) is 58.6 Å². The summed E-state index contributed by atoms with van der Waals surface area (Å²) in [7, 11) is 1.16. The molecule has 0 aromatic heterocycles. The fourth-order valence-corrected chi connectivity index (χ4v) is 2.45. The Morgan fingerprint density at radius 3 is 2.68 bits per heavy atom. The van der Waals surface area contributed by atoms with E-state index in [0.29, 0.717) is 12.0 Å². The lowest BCUT2D eigenvalue weighted by Crippen LogP contribution is -2.48. The number of benzene rings is 1. The molecule has 0 saturated carbocycles. The Morgan fingerprint density at radius 2 is 2.05 bits per heavy atom. The number of methoxy groups -OCH3 is 1. The van der Waals surface area contributed by atoms with Gasteiger partial charge in [-0.1, -0.05) is 24.3 Å². The summed E-state index contributed by atoms with van der Waals surface area (Å²) in [6.45, 7) is -1.24. The van der Waals surface area contributed by atoms with Gasteiger partial charge in [-0.3, -0.25) is 9.69 Å². The van der Waals surface area contributed by atoms with Crippen molar-refractivity contribution >= 4 is 12.0 Å². The van der Waals surface area contributed by atoms with Gasteiger partial charge in [0.25, 0.3) is 0 Å². The molecule has 1 aliphatic heterocycles. The molecule has 1 atom stereocenters. The van der Waals surface area contributed by atoms with Crippen molar-refractivity contribution in [3.05, 3.63) is 35.4 Å². The molecule has 0 spiro atoms. The normalized spacial score (nSPS) is 17.6. The maximum Gasteiger partial charge on any atom is 0.410 e. The van der Waals surface area contributed by atoms with Gasteiger partial charge in [0.1, 0.15) is 12.6 Å². The zero-order valence-electron chi connectivity index (χ0n) is 11.8. The average molecular weight is 316 g/mol. The molecule has 5 nitrogen and oxygen atoms in total. The second-order valence-electron chi connectivity index (χ2n) is 4.85. The molecule has 0 fully saturated rings. The molecule has 2 amide bonds. The van der Waals surface area contributed by atoms with Crippen molar-refractivity contribution in [2.75, 3.05) is 20.2 Å². The van der Waals surface area contributed by atoms with Crippen molar-refractivity contribution in [2.24, 2.45) is 0 Å². The number of amides is 2. The van der Waals surface area contributed by atoms with Crippen molar-refractivity contribution in [2.45, 2.75) is 18.6 Å². The molecule has 0 bridgehead atoms. The number of halogens is 3. The first-order chi connectivity index (χ1) is 10.3. The summed E-state index contributed by atoms with van der Waals surface area (Å²) in [4.78, 5) is 25.1. The van der Waals surface area contributed by atoms with Gasteiger partial charge in [-0.05, 0) is 17.5 Å². The monoisotopic (exact) mass is 316 g/mol. The quantitative estimate of drug-likeness (QED) is 0.908. The summed E-state index contributed by atoms with van der Waals surface area (Å²) >= 11 is 0. The lowest BCUT2D eigenvalue weighted by molar-refractivity contribution is -0.141. The van der Waals surface area contributed by atoms with E-state index in [1.807, 2.05) is 5.32 Å². The Balaban J connectivity index is 2.29. The zero-order chi connectivity index (χ0) is 16.3. The lowest BCUT2D eigenvalue weighted by Gasteiger charge is -2.35. The van der Waals surface area contributed by atoms with Crippen LogP contribution >= 0.6 is 0 Å². The molecule has 120 valence electrons. The Labute approximate surface area is 125 Å². The number of ether oxygens (including phenoxy) is 1. The Kier molecular flexibility index (Phi) is 4.58. The molecule has 0 saturated heterocycles. The van der Waals surface area contributed by atoms with Crippen LogP contribution in [0.25, 0.3) is 0 Å². The van der Waals surface area contributed by atoms with Gasteiger partial charge in [0, 0.05) is 6.54 Å². The van der Waals surface area contributed by atoms with Crippen LogP contribution < -0.4 is 5.32 Å². The predicted molar refractivity (Wildman–Crippen MR) is 71.1 cm³/mol. The number of rotatable bonds is 2. The number of hydrogen-bond donors (Lipinski definition) is 1. The number of nitrogens with one attached hydrogen (secondary N) is 1. The SMILES string of the molecule is COC(=O)N1CCc2ccccc2[C@@H]1C(=O)NCC(F)(F)F. The first-order valence-electron chi connectivity index (χ1n) is 6.60. The second-order valence-corrected chi connectivity index (χ2v) is 4.85. The van der Waals surface area contributed by atoms with Gasteiger partial charge in [0.2, 0.25) is 5.91 Å². The first kappa shape index (κ1) is 16.1. The Bertz CT molecular complexity index is 575. The molecular formula is C14H15F3N2O3. The van der Waals surface area contributed by atoms with E-state index < -0.39 is 30.8 Å². The van der Waals surface area contributed by atoms with Crippen LogP contribution in [-0.4, -0.2) is 43.3 Å². The van der Waals surface area contributed by atoms with Crippen LogP contribution in [-0.2, 0) is 16.0 Å². The molecule has 22 heavy (non-hydrogen) atoms. The van der Waals surface area contributed by atoms with Crippen molar-refractivity contribution in [3.63, 3.8) is 0 Å². The summed E-state index contributed by atoms with van der Waals surface area (Å²) in [6, 6.07) is 5.73. The molecule has 8 heteroatoms. The first-order valence-corrected chi connectivity index (χ1v) is 6.60. The number of carbonyl (C=O) groups excluding carboxylic acids is 2. The van der Waals surface area contributed by atoms with Gasteiger partial charge in [0.15, 0.2) is 0 Å². The molecule has 1 N–H and O–H groups in total. The van der Waals surface area contributed by atoms with Crippen LogP contribution in [0.4, 0.5) is 18.0 Å². The number of hydrogen-bond acceptors (Lipinski definition) is 3. The molecule has 0 unspecified atom stereocenters. The number of alkyl halides is 3. The third-order valence-corrected chi connectivity index (χ3v) is 3.40. The Hall–Kier alpha value is -2.25. The minimum atomic E-state index is -4.51. The van der Waals surface area contributed by atoms with E-state index in [-0.39, 0.29) is 6.54 Å². The molecule has 1 aliphatic rings. The predicted octanol–water partition coefficient (Wildman–Crippen LogP) is 2.03. The van der Waals surface area contributed by atoms with Gasteiger partial charge in [0.05, 0.1) is 7.11 Å². The summed E-state index contributed by atoms with van der Waals surface area (Å²) in [5.74, 6) is -0.880. The highest BCUT2D eigenvalue weighted by Crippen LogP contribution is 2.30. The van der Waals surface area contributed by atoms with E-state index in [4.69, 9.17) is 0 Å². The summed E-state index contributed by atoms with van der Waals surface area (Å²) in [5, 5.41) is 1.83. The highest BCUT2D eigenvalue weighted by molar-refractivity contribution is 5.87. The number of nitrogens with zero attached hydrogens (tertiary/aromatic N) is 1. The van der Waals surface area contributed by atoms with Crippen LogP contribution in [0.5, 0.6) is 0 Å². The van der Waals surface area contributed by atoms with E-state index in [9.17, 15) is 22.8 Å². The van der Waals surface area contributed by atoms with Crippen molar-refractivity contribution < 1.29 is 27.5 Å². The largest absolute Gasteiger partial charge is 0.453 e. The minimum absolute atomic E-state index is 0.202. The molecule has 0 aliphatic carbocycles. The molecule has 1 aromatic rings. The summed E-state index contributed by atoms with van der Waals surface area (Å²) < 4.78 is 41.5. The molecule has 1 aromatic carbocycles. The molecular weight excluding hydrogens is 301 g/mol. The van der Waals surface area contributed by atoms with Crippen molar-refractivity contribution in [3.8, 4) is 0 Å². The standard InChI is InChI=1S/C14H15F3N2O3/c1-22-13(21)19-7-6-9-4-2-3-5-10(9)11(19)12(20)18-8-14(15,16)17/h2-5,11H,6-8H2,1H3,(H,18,20)/t11-/m1/s1. The van der Waals surface area contributed by atoms with Crippen LogP contribution in [0.3, 0.4) is 0 Å². The van der Waals surface area contributed by atoms with E-state index in [2.05, 4.69) is 4.74 Å². The second kappa shape index (κ2) is 6.25. The van der Waals surface area contributed by atoms with Crippen LogP contribution in [0.2, 0.25) is 0 Å². The van der Waals surface area contributed by atoms with Gasteiger partial charge in [-0.2, -0.15) is 13.2 Å². The number of carbonyl (C=O) groups is 2. The minimum Gasteiger partial charge on any atom is -0.453 e. The van der Waals surface area contributed by atoms with Crippen LogP contribution in [0.1, 0.15) is 17.2 Å². The average Bonchev–Trinajstić information content (AvgIpc) is 2.50. The molecule has 2 rings (SSSR count). The van der Waals surface area contributed by atoms with Crippen molar-refractivity contribution in [1.29, 1.82) is 0 Å². The van der Waals surface area contributed by atoms with Gasteiger partial charge < -0.3 is 10.1 Å². The van der Waals surface area contributed by atoms with E-state index >= 15 is 0 Å². The fourth-order valence-electron chi connectivity index (χ4n) is 2.45. The smallest absolute Gasteiger partial charge is 0.410 e. The summed E-state index contributed by atoms with van der Waals surface area (Å²) in [6.07, 6.45) is -4.75. The molecule has 0 radical (unpaired) electrons. The van der Waals surface area contributed by atoms with Crippen molar-refractivity contribution in [1.82, 2.24) is 10.2 Å². The number of fused-ring (bicyclic) bond motifs is 1. The third-order valence-electron chi connectivity index (χ3n) is 3.40. The van der Waals surface area contributed by atoms with E-state index in [1.54, 1.807) is 24.3 Å². The van der Waals surface area contributed by atoms with Crippen LogP contribution in [0.15, 0.2) is 24.3 Å². The van der Waals surface area contributed by atoms with E-state index in [0.717, 1.165) is 17.6 Å². The van der Waals surface area contributed by atoms with Gasteiger partial charge in [-0.25, -0.2) is 4.79 Å². The van der Waals surface area contributed by atoms with Crippen LogP contribution in [0, 0.1) is 0 Å². The fraction of sp³-hybridized carbons (Fsp3) is 0.429.